The predicted molar refractivity (Wildman–Crippen MR) is 107 cm³/mol. The minimum Gasteiger partial charge on any atom is -0.355 e. The number of benzene rings is 1. The van der Waals surface area contributed by atoms with Gasteiger partial charge in [-0.2, -0.15) is 0 Å². The van der Waals surface area contributed by atoms with E-state index in [1.165, 1.54) is 11.1 Å². The predicted octanol–water partition coefficient (Wildman–Crippen LogP) is 3.01. The summed E-state index contributed by atoms with van der Waals surface area (Å²) < 4.78 is 0. The minimum absolute atomic E-state index is 0. The zero-order valence-electron chi connectivity index (χ0n) is 14.5. The number of guanidine groups is 1. The van der Waals surface area contributed by atoms with Gasteiger partial charge in [0.05, 0.1) is 0 Å². The molecule has 0 spiro atoms. The Hall–Kier alpha value is -0.820. The zero-order chi connectivity index (χ0) is 15.7. The van der Waals surface area contributed by atoms with Crippen LogP contribution >= 0.6 is 24.0 Å². The maximum atomic E-state index is 4.28. The number of hydrogen-bond acceptors (Lipinski definition) is 2. The summed E-state index contributed by atoms with van der Waals surface area (Å²) in [6.45, 7) is 12.6. The van der Waals surface area contributed by atoms with Crippen LogP contribution in [0.25, 0.3) is 0 Å². The van der Waals surface area contributed by atoms with E-state index in [1.807, 2.05) is 7.05 Å². The van der Waals surface area contributed by atoms with Crippen LogP contribution in [0.2, 0.25) is 0 Å². The average molecular weight is 418 g/mol. The molecular formula is C17H31IN4. The number of nitrogens with zero attached hydrogens (tertiary/aromatic N) is 2. The van der Waals surface area contributed by atoms with Crippen molar-refractivity contribution in [2.24, 2.45) is 4.99 Å². The first-order chi connectivity index (χ1) is 10.1. The molecule has 1 unspecified atom stereocenters. The highest BCUT2D eigenvalue weighted by molar-refractivity contribution is 14.0. The number of hydrogen-bond donors (Lipinski definition) is 2. The Morgan fingerprint density at radius 1 is 1.14 bits per heavy atom. The van der Waals surface area contributed by atoms with Crippen LogP contribution in [0.4, 0.5) is 0 Å². The topological polar surface area (TPSA) is 39.7 Å². The van der Waals surface area contributed by atoms with Gasteiger partial charge in [-0.05, 0) is 32.5 Å². The Kier molecular flexibility index (Phi) is 11.3. The van der Waals surface area contributed by atoms with Crippen molar-refractivity contribution in [2.45, 2.75) is 40.3 Å². The molecule has 0 aliphatic heterocycles. The van der Waals surface area contributed by atoms with Gasteiger partial charge in [0.1, 0.15) is 0 Å². The molecule has 0 saturated carbocycles. The van der Waals surface area contributed by atoms with Crippen LogP contribution in [0, 0.1) is 6.92 Å². The van der Waals surface area contributed by atoms with Gasteiger partial charge in [-0.3, -0.25) is 9.89 Å². The fourth-order valence-corrected chi connectivity index (χ4v) is 2.33. The SMILES string of the molecule is CCN(CC)C(C)CNC(=NC)NCc1ccc(C)cc1.I. The van der Waals surface area contributed by atoms with Gasteiger partial charge in [0.2, 0.25) is 0 Å². The lowest BCUT2D eigenvalue weighted by molar-refractivity contribution is 0.231. The van der Waals surface area contributed by atoms with E-state index in [1.54, 1.807) is 0 Å². The van der Waals surface area contributed by atoms with Crippen LogP contribution in [0.1, 0.15) is 31.9 Å². The molecule has 0 bridgehead atoms. The van der Waals surface area contributed by atoms with Crippen molar-refractivity contribution in [1.82, 2.24) is 15.5 Å². The van der Waals surface area contributed by atoms with Gasteiger partial charge >= 0.3 is 0 Å². The molecule has 5 heteroatoms. The molecule has 1 rings (SSSR count). The Labute approximate surface area is 152 Å². The van der Waals surface area contributed by atoms with Crippen molar-refractivity contribution in [1.29, 1.82) is 0 Å². The molecule has 4 nitrogen and oxygen atoms in total. The van der Waals surface area contributed by atoms with Crippen LogP contribution < -0.4 is 10.6 Å². The maximum Gasteiger partial charge on any atom is 0.191 e. The van der Waals surface area contributed by atoms with Crippen molar-refractivity contribution in [3.05, 3.63) is 35.4 Å². The Balaban J connectivity index is 0.00000441. The second-order valence-corrected chi connectivity index (χ2v) is 5.36. The number of nitrogens with one attached hydrogen (secondary N) is 2. The molecule has 2 N–H and O–H groups in total. The first-order valence-corrected chi connectivity index (χ1v) is 7.84. The monoisotopic (exact) mass is 418 g/mol. The molecule has 0 heterocycles. The van der Waals surface area contributed by atoms with Crippen LogP contribution in [-0.4, -0.2) is 43.6 Å². The van der Waals surface area contributed by atoms with Gasteiger partial charge in [0, 0.05) is 26.2 Å². The van der Waals surface area contributed by atoms with Gasteiger partial charge in [-0.25, -0.2) is 0 Å². The molecule has 0 aliphatic carbocycles. The van der Waals surface area contributed by atoms with E-state index in [4.69, 9.17) is 0 Å². The fraction of sp³-hybridized carbons (Fsp3) is 0.588. The maximum absolute atomic E-state index is 4.28. The third-order valence-corrected chi connectivity index (χ3v) is 3.80. The molecule has 0 saturated heterocycles. The number of aryl methyl sites for hydroxylation is 1. The Morgan fingerprint density at radius 3 is 2.23 bits per heavy atom. The molecule has 1 atom stereocenters. The van der Waals surface area contributed by atoms with E-state index < -0.39 is 0 Å². The van der Waals surface area contributed by atoms with Crippen LogP contribution in [0.5, 0.6) is 0 Å². The number of rotatable bonds is 7. The van der Waals surface area contributed by atoms with Crippen molar-refractivity contribution in [3.63, 3.8) is 0 Å². The highest BCUT2D eigenvalue weighted by Crippen LogP contribution is 2.02. The quantitative estimate of drug-likeness (QED) is 0.406. The third kappa shape index (κ3) is 7.45. The van der Waals surface area contributed by atoms with Crippen LogP contribution in [-0.2, 0) is 6.54 Å². The second kappa shape index (κ2) is 11.7. The summed E-state index contributed by atoms with van der Waals surface area (Å²) in [4.78, 5) is 6.71. The molecule has 22 heavy (non-hydrogen) atoms. The van der Waals surface area contributed by atoms with E-state index >= 15 is 0 Å². The number of likely N-dealkylation sites (N-methyl/N-ethyl adjacent to an activating group) is 1. The summed E-state index contributed by atoms with van der Waals surface area (Å²) in [6.07, 6.45) is 0. The second-order valence-electron chi connectivity index (χ2n) is 5.36. The van der Waals surface area contributed by atoms with Gasteiger partial charge < -0.3 is 10.6 Å². The molecular weight excluding hydrogens is 387 g/mol. The fourth-order valence-electron chi connectivity index (χ4n) is 2.33. The van der Waals surface area contributed by atoms with Gasteiger partial charge in [-0.15, -0.1) is 24.0 Å². The molecule has 1 aromatic rings. The minimum atomic E-state index is 0. The number of halogens is 1. The first kappa shape index (κ1) is 21.2. The molecule has 0 fully saturated rings. The smallest absolute Gasteiger partial charge is 0.191 e. The summed E-state index contributed by atoms with van der Waals surface area (Å²) in [5, 5.41) is 6.75. The van der Waals surface area contributed by atoms with Crippen LogP contribution in [0.15, 0.2) is 29.3 Å². The third-order valence-electron chi connectivity index (χ3n) is 3.80. The molecule has 0 aromatic heterocycles. The highest BCUT2D eigenvalue weighted by atomic mass is 127. The molecule has 0 aliphatic rings. The van der Waals surface area contributed by atoms with Crippen molar-refractivity contribution < 1.29 is 0 Å². The van der Waals surface area contributed by atoms with E-state index in [0.29, 0.717) is 6.04 Å². The molecule has 0 radical (unpaired) electrons. The van der Waals surface area contributed by atoms with Crippen molar-refractivity contribution >= 4 is 29.9 Å². The molecule has 126 valence electrons. The zero-order valence-corrected chi connectivity index (χ0v) is 16.8. The number of aliphatic imine (C=N–C) groups is 1. The molecule has 1 aromatic carbocycles. The highest BCUT2D eigenvalue weighted by Gasteiger charge is 2.10. The van der Waals surface area contributed by atoms with E-state index in [-0.39, 0.29) is 24.0 Å². The van der Waals surface area contributed by atoms with Gasteiger partial charge in [-0.1, -0.05) is 43.7 Å². The Morgan fingerprint density at radius 2 is 1.73 bits per heavy atom. The summed E-state index contributed by atoms with van der Waals surface area (Å²) in [7, 11) is 1.81. The largest absolute Gasteiger partial charge is 0.355 e. The Bertz CT molecular complexity index is 427. The molecule has 0 amide bonds. The van der Waals surface area contributed by atoms with Crippen molar-refractivity contribution in [3.8, 4) is 0 Å². The normalized spacial score (nSPS) is 12.7. The standard InChI is InChI=1S/C17H30N4.HI/c1-6-21(7-2)15(4)12-19-17(18-5)20-13-16-10-8-14(3)9-11-16;/h8-11,15H,6-7,12-13H2,1-5H3,(H2,18,19,20);1H. The lowest BCUT2D eigenvalue weighted by Gasteiger charge is -2.27. The van der Waals surface area contributed by atoms with Gasteiger partial charge in [0.25, 0.3) is 0 Å². The summed E-state index contributed by atoms with van der Waals surface area (Å²) in [6, 6.07) is 9.06. The van der Waals surface area contributed by atoms with Gasteiger partial charge in [0.15, 0.2) is 5.96 Å². The van der Waals surface area contributed by atoms with E-state index in [0.717, 1.165) is 32.1 Å². The van der Waals surface area contributed by atoms with E-state index in [2.05, 4.69) is 72.5 Å². The van der Waals surface area contributed by atoms with E-state index in [9.17, 15) is 0 Å². The van der Waals surface area contributed by atoms with Crippen molar-refractivity contribution in [2.75, 3.05) is 26.7 Å². The summed E-state index contributed by atoms with van der Waals surface area (Å²) in [5.74, 6) is 0.856. The first-order valence-electron chi connectivity index (χ1n) is 7.84. The lowest BCUT2D eigenvalue weighted by atomic mass is 10.1. The lowest BCUT2D eigenvalue weighted by Crippen LogP contribution is -2.45. The van der Waals surface area contributed by atoms with Crippen LogP contribution in [0.3, 0.4) is 0 Å². The average Bonchev–Trinajstić information content (AvgIpc) is 2.50. The summed E-state index contributed by atoms with van der Waals surface area (Å²) >= 11 is 0. The summed E-state index contributed by atoms with van der Waals surface area (Å²) in [5.41, 5.74) is 2.55.